The molecule has 3 aromatic carbocycles. The van der Waals surface area contributed by atoms with Crippen LogP contribution in [0.4, 0.5) is 15.9 Å². The number of anilines is 2. The fourth-order valence-electron chi connectivity index (χ4n) is 7.23. The van der Waals surface area contributed by atoms with Gasteiger partial charge in [0.25, 0.3) is 11.8 Å². The highest BCUT2D eigenvalue weighted by Crippen LogP contribution is 2.42. The minimum absolute atomic E-state index is 0.0323. The standard InChI is InChI=1S/C38H38ClFN6O4/c1-24-32(38(49)46(28-8-10-30(47)11-9-28)36-21-41-35(40)20-42-36)19-34(43(24)2)33-18-27(39)7-12-31(33)37(48)45-22-26-6-4-3-5-25(26)17-29(45)23-44-13-15-50-16-14-44/h3-12,18,20-21,29,34,47H,13-17,19,22-23H2,1-2H3/t29-,34?/m0/s1. The number of carbonyl (C=O) groups excluding carboxylic acids is 2. The molecule has 3 aliphatic heterocycles. The Morgan fingerprint density at radius 1 is 1.00 bits per heavy atom. The lowest BCUT2D eigenvalue weighted by molar-refractivity contribution is -0.114. The SMILES string of the molecule is CC1=C(C(=O)N(c2ccc(O)cc2)c2cnc(F)cn2)CC(c2cc(Cl)ccc2C(=O)N2Cc3ccccc3C[C@H]2CN2CCOCC2)N1C. The molecule has 50 heavy (non-hydrogen) atoms. The van der Waals surface area contributed by atoms with Crippen molar-refractivity contribution in [3.63, 3.8) is 0 Å². The minimum atomic E-state index is -0.773. The van der Waals surface area contributed by atoms with E-state index in [1.54, 1.807) is 24.3 Å². The fourth-order valence-corrected chi connectivity index (χ4v) is 7.41. The van der Waals surface area contributed by atoms with Gasteiger partial charge in [0, 0.05) is 67.5 Å². The molecule has 1 aromatic heterocycles. The molecule has 4 aromatic rings. The number of allylic oxidation sites excluding steroid dienone is 1. The number of aromatic nitrogens is 2. The monoisotopic (exact) mass is 696 g/mol. The van der Waals surface area contributed by atoms with Crippen molar-refractivity contribution in [2.45, 2.75) is 38.4 Å². The van der Waals surface area contributed by atoms with E-state index in [1.165, 1.54) is 28.8 Å². The topological polar surface area (TPSA) is 102 Å². The number of nitrogens with zero attached hydrogens (tertiary/aromatic N) is 6. The van der Waals surface area contributed by atoms with Crippen molar-refractivity contribution in [1.29, 1.82) is 0 Å². The third-order valence-corrected chi connectivity index (χ3v) is 10.3. The summed E-state index contributed by atoms with van der Waals surface area (Å²) in [7, 11) is 1.90. The number of rotatable bonds is 7. The summed E-state index contributed by atoms with van der Waals surface area (Å²) in [6.45, 7) is 6.11. The molecule has 0 spiro atoms. The summed E-state index contributed by atoms with van der Waals surface area (Å²) in [6, 6.07) is 19.4. The average Bonchev–Trinajstić information content (AvgIpc) is 3.43. The molecular weight excluding hydrogens is 659 g/mol. The van der Waals surface area contributed by atoms with Crippen molar-refractivity contribution in [2.75, 3.05) is 44.8 Å². The molecule has 0 bridgehead atoms. The van der Waals surface area contributed by atoms with Crippen LogP contribution in [0, 0.1) is 5.95 Å². The van der Waals surface area contributed by atoms with Gasteiger partial charge in [-0.3, -0.25) is 19.4 Å². The van der Waals surface area contributed by atoms with E-state index in [1.807, 2.05) is 35.9 Å². The van der Waals surface area contributed by atoms with Crippen LogP contribution in [0.5, 0.6) is 5.75 Å². The van der Waals surface area contributed by atoms with Crippen LogP contribution in [0.1, 0.15) is 46.4 Å². The molecule has 3 aliphatic rings. The highest BCUT2D eigenvalue weighted by molar-refractivity contribution is 6.30. The van der Waals surface area contributed by atoms with E-state index < -0.39 is 5.95 Å². The highest BCUT2D eigenvalue weighted by Gasteiger charge is 2.39. The summed E-state index contributed by atoms with van der Waals surface area (Å²) in [5, 5.41) is 10.4. The van der Waals surface area contributed by atoms with E-state index in [0.29, 0.717) is 47.3 Å². The van der Waals surface area contributed by atoms with Crippen LogP contribution < -0.4 is 4.90 Å². The van der Waals surface area contributed by atoms with E-state index in [2.05, 4.69) is 33.1 Å². The van der Waals surface area contributed by atoms with Crippen molar-refractivity contribution >= 4 is 34.9 Å². The normalized spacial score (nSPS) is 19.4. The zero-order valence-corrected chi connectivity index (χ0v) is 28.7. The van der Waals surface area contributed by atoms with Gasteiger partial charge < -0.3 is 19.6 Å². The molecule has 2 amide bonds. The quantitative estimate of drug-likeness (QED) is 0.255. The van der Waals surface area contributed by atoms with E-state index in [-0.39, 0.29) is 41.9 Å². The number of benzene rings is 3. The lowest BCUT2D eigenvalue weighted by Crippen LogP contribution is -2.52. The maximum Gasteiger partial charge on any atom is 0.261 e. The Labute approximate surface area is 295 Å². The summed E-state index contributed by atoms with van der Waals surface area (Å²) >= 11 is 6.61. The Bertz CT molecular complexity index is 1890. The smallest absolute Gasteiger partial charge is 0.261 e. The number of phenolic OH excluding ortho intramolecular Hbond substituents is 1. The average molecular weight is 697 g/mol. The molecule has 2 atom stereocenters. The van der Waals surface area contributed by atoms with E-state index in [0.717, 1.165) is 43.4 Å². The first-order valence-electron chi connectivity index (χ1n) is 16.7. The summed E-state index contributed by atoms with van der Waals surface area (Å²) in [4.78, 5) is 44.8. The third kappa shape index (κ3) is 6.68. The first-order valence-corrected chi connectivity index (χ1v) is 17.1. The van der Waals surface area contributed by atoms with Gasteiger partial charge in [-0.2, -0.15) is 4.39 Å². The predicted molar refractivity (Wildman–Crippen MR) is 188 cm³/mol. The Hall–Kier alpha value is -4.84. The lowest BCUT2D eigenvalue weighted by atomic mass is 9.91. The van der Waals surface area contributed by atoms with Crippen molar-refractivity contribution < 1.29 is 23.8 Å². The number of amides is 2. The number of ether oxygens (including phenoxy) is 1. The van der Waals surface area contributed by atoms with Gasteiger partial charge in [0.05, 0.1) is 37.3 Å². The number of fused-ring (bicyclic) bond motifs is 1. The van der Waals surface area contributed by atoms with Gasteiger partial charge in [-0.25, -0.2) is 9.97 Å². The number of morpholine rings is 1. The van der Waals surface area contributed by atoms with Crippen molar-refractivity contribution in [2.24, 2.45) is 0 Å². The van der Waals surface area contributed by atoms with Crippen LogP contribution in [0.3, 0.4) is 0 Å². The van der Waals surface area contributed by atoms with Crippen LogP contribution in [0.15, 0.2) is 90.4 Å². The molecule has 1 unspecified atom stereocenters. The maximum atomic E-state index is 14.8. The number of aromatic hydroxyl groups is 1. The summed E-state index contributed by atoms with van der Waals surface area (Å²) in [5.41, 5.74) is 5.30. The molecule has 1 N–H and O–H groups in total. The van der Waals surface area contributed by atoms with Gasteiger partial charge in [-0.05, 0) is 72.5 Å². The molecular formula is C38H38ClFN6O4. The third-order valence-electron chi connectivity index (χ3n) is 10.0. The minimum Gasteiger partial charge on any atom is -0.508 e. The number of carbonyl (C=O) groups is 2. The Kier molecular flexibility index (Phi) is 9.54. The maximum absolute atomic E-state index is 14.8. The van der Waals surface area contributed by atoms with Crippen LogP contribution in [-0.4, -0.2) is 87.5 Å². The van der Waals surface area contributed by atoms with E-state index in [4.69, 9.17) is 16.3 Å². The molecule has 12 heteroatoms. The van der Waals surface area contributed by atoms with Crippen LogP contribution in [0.25, 0.3) is 0 Å². The zero-order chi connectivity index (χ0) is 34.9. The number of halogens is 2. The Balaban J connectivity index is 1.21. The Morgan fingerprint density at radius 2 is 1.74 bits per heavy atom. The summed E-state index contributed by atoms with van der Waals surface area (Å²) in [6.07, 6.45) is 3.19. The first-order chi connectivity index (χ1) is 24.2. The number of hydrogen-bond donors (Lipinski definition) is 1. The zero-order valence-electron chi connectivity index (χ0n) is 27.9. The van der Waals surface area contributed by atoms with Crippen LogP contribution in [0.2, 0.25) is 5.02 Å². The lowest BCUT2D eigenvalue weighted by Gasteiger charge is -2.41. The highest BCUT2D eigenvalue weighted by atomic mass is 35.5. The van der Waals surface area contributed by atoms with Gasteiger partial charge in [0.1, 0.15) is 5.75 Å². The van der Waals surface area contributed by atoms with Crippen molar-refractivity contribution in [3.05, 3.63) is 124 Å². The summed E-state index contributed by atoms with van der Waals surface area (Å²) in [5.74, 6) is -1.07. The van der Waals surface area contributed by atoms with Gasteiger partial charge >= 0.3 is 0 Å². The molecule has 4 heterocycles. The second-order valence-electron chi connectivity index (χ2n) is 13.0. The van der Waals surface area contributed by atoms with Crippen LogP contribution >= 0.6 is 11.6 Å². The summed E-state index contributed by atoms with van der Waals surface area (Å²) < 4.78 is 19.4. The molecule has 1 saturated heterocycles. The van der Waals surface area contributed by atoms with Crippen LogP contribution in [-0.2, 0) is 22.5 Å². The number of phenols is 1. The molecule has 0 saturated carbocycles. The Morgan fingerprint density at radius 3 is 2.46 bits per heavy atom. The van der Waals surface area contributed by atoms with Gasteiger partial charge in [0.15, 0.2) is 5.82 Å². The fraction of sp³-hybridized carbons (Fsp3) is 0.316. The van der Waals surface area contributed by atoms with E-state index >= 15 is 0 Å². The molecule has 10 nitrogen and oxygen atoms in total. The van der Waals surface area contributed by atoms with Gasteiger partial charge in [-0.15, -0.1) is 0 Å². The number of hydrogen-bond acceptors (Lipinski definition) is 8. The molecule has 0 radical (unpaired) electrons. The van der Waals surface area contributed by atoms with E-state index in [9.17, 15) is 19.1 Å². The van der Waals surface area contributed by atoms with Crippen molar-refractivity contribution in [3.8, 4) is 5.75 Å². The molecule has 258 valence electrons. The predicted octanol–water partition coefficient (Wildman–Crippen LogP) is 5.89. The second kappa shape index (κ2) is 14.2. The largest absolute Gasteiger partial charge is 0.508 e. The molecule has 7 rings (SSSR count). The molecule has 0 aliphatic carbocycles. The van der Waals surface area contributed by atoms with Crippen molar-refractivity contribution in [1.82, 2.24) is 24.7 Å². The van der Waals surface area contributed by atoms with Gasteiger partial charge in [0.2, 0.25) is 5.95 Å². The molecule has 1 fully saturated rings. The second-order valence-corrected chi connectivity index (χ2v) is 13.4. The first kappa shape index (κ1) is 33.6. The van der Waals surface area contributed by atoms with Gasteiger partial charge in [-0.1, -0.05) is 35.9 Å².